The first kappa shape index (κ1) is 16.4. The number of rotatable bonds is 5. The van der Waals surface area contributed by atoms with Gasteiger partial charge in [0.15, 0.2) is 11.6 Å². The van der Waals surface area contributed by atoms with Crippen molar-refractivity contribution in [2.75, 3.05) is 51.2 Å². The first-order valence-corrected chi connectivity index (χ1v) is 8.09. The molecule has 6 heteroatoms. The van der Waals surface area contributed by atoms with Crippen molar-refractivity contribution in [1.82, 2.24) is 9.97 Å². The van der Waals surface area contributed by atoms with Crippen LogP contribution in [0.1, 0.15) is 17.9 Å². The molecule has 6 nitrogen and oxygen atoms in total. The molecule has 0 amide bonds. The molecule has 1 atom stereocenters. The fourth-order valence-electron chi connectivity index (χ4n) is 3.23. The Balaban J connectivity index is 1.86. The Bertz CT molecular complexity index is 705. The van der Waals surface area contributed by atoms with Crippen molar-refractivity contribution in [3.8, 4) is 11.5 Å². The predicted octanol–water partition coefficient (Wildman–Crippen LogP) is 2.55. The number of benzene rings is 1. The third-order valence-electron chi connectivity index (χ3n) is 4.45. The van der Waals surface area contributed by atoms with Gasteiger partial charge >= 0.3 is 0 Å². The van der Waals surface area contributed by atoms with Crippen LogP contribution in [0.4, 0.5) is 11.6 Å². The summed E-state index contributed by atoms with van der Waals surface area (Å²) >= 11 is 0. The standard InChI is InChI=1S/C18H24N4O2/c1-21(2)17-18(20-9-8-19-17)22-10-7-13(12-22)15-11-14(23-3)5-6-16(15)24-4/h5-6,8-9,11,13H,7,10,12H2,1-4H3/t13-/m0/s1. The van der Waals surface area contributed by atoms with E-state index in [-0.39, 0.29) is 0 Å². The predicted molar refractivity (Wildman–Crippen MR) is 95.5 cm³/mol. The summed E-state index contributed by atoms with van der Waals surface area (Å²) in [6.45, 7) is 1.84. The maximum absolute atomic E-state index is 5.55. The molecule has 2 aromatic rings. The lowest BCUT2D eigenvalue weighted by molar-refractivity contribution is 0.396. The van der Waals surface area contributed by atoms with Gasteiger partial charge < -0.3 is 19.3 Å². The lowest BCUT2D eigenvalue weighted by Gasteiger charge is -2.23. The number of aromatic nitrogens is 2. The van der Waals surface area contributed by atoms with E-state index < -0.39 is 0 Å². The minimum Gasteiger partial charge on any atom is -0.497 e. The monoisotopic (exact) mass is 328 g/mol. The fraction of sp³-hybridized carbons (Fsp3) is 0.444. The van der Waals surface area contributed by atoms with Crippen molar-refractivity contribution in [2.45, 2.75) is 12.3 Å². The molecule has 1 aliphatic rings. The van der Waals surface area contributed by atoms with Gasteiger partial charge in [-0.1, -0.05) is 0 Å². The zero-order valence-corrected chi connectivity index (χ0v) is 14.7. The molecule has 0 aliphatic carbocycles. The summed E-state index contributed by atoms with van der Waals surface area (Å²) in [4.78, 5) is 13.3. The van der Waals surface area contributed by atoms with Gasteiger partial charge in [-0.25, -0.2) is 9.97 Å². The number of methoxy groups -OCH3 is 2. The van der Waals surface area contributed by atoms with Gasteiger partial charge in [-0.05, 0) is 24.6 Å². The second kappa shape index (κ2) is 6.95. The quantitative estimate of drug-likeness (QED) is 0.841. The Morgan fingerprint density at radius 2 is 1.92 bits per heavy atom. The van der Waals surface area contributed by atoms with E-state index in [4.69, 9.17) is 9.47 Å². The van der Waals surface area contributed by atoms with Gasteiger partial charge in [0.1, 0.15) is 11.5 Å². The molecule has 0 radical (unpaired) electrons. The molecule has 0 bridgehead atoms. The highest BCUT2D eigenvalue weighted by molar-refractivity contribution is 5.62. The molecule has 3 rings (SSSR count). The van der Waals surface area contributed by atoms with E-state index in [0.29, 0.717) is 5.92 Å². The Morgan fingerprint density at radius 3 is 2.62 bits per heavy atom. The van der Waals surface area contributed by atoms with Gasteiger partial charge in [0, 0.05) is 51.1 Å². The highest BCUT2D eigenvalue weighted by Gasteiger charge is 2.29. The summed E-state index contributed by atoms with van der Waals surface area (Å²) in [6, 6.07) is 5.99. The van der Waals surface area contributed by atoms with Crippen LogP contribution in [0, 0.1) is 0 Å². The molecule has 0 unspecified atom stereocenters. The number of nitrogens with zero attached hydrogens (tertiary/aromatic N) is 4. The van der Waals surface area contributed by atoms with Crippen LogP contribution in [0.3, 0.4) is 0 Å². The van der Waals surface area contributed by atoms with Crippen molar-refractivity contribution in [3.63, 3.8) is 0 Å². The van der Waals surface area contributed by atoms with Crippen molar-refractivity contribution in [1.29, 1.82) is 0 Å². The summed E-state index contributed by atoms with van der Waals surface area (Å²) in [5.41, 5.74) is 1.19. The summed E-state index contributed by atoms with van der Waals surface area (Å²) < 4.78 is 10.9. The molecule has 24 heavy (non-hydrogen) atoms. The summed E-state index contributed by atoms with van der Waals surface area (Å²) in [6.07, 6.45) is 4.53. The molecular weight excluding hydrogens is 304 g/mol. The Labute approximate surface area is 143 Å². The highest BCUT2D eigenvalue weighted by Crippen LogP contribution is 2.38. The van der Waals surface area contributed by atoms with Crippen molar-refractivity contribution < 1.29 is 9.47 Å². The first-order chi connectivity index (χ1) is 11.6. The third-order valence-corrected chi connectivity index (χ3v) is 4.45. The van der Waals surface area contributed by atoms with E-state index in [1.807, 2.05) is 31.1 Å². The lowest BCUT2D eigenvalue weighted by Crippen LogP contribution is -2.24. The summed E-state index contributed by atoms with van der Waals surface area (Å²) in [5, 5.41) is 0. The van der Waals surface area contributed by atoms with Crippen molar-refractivity contribution in [2.24, 2.45) is 0 Å². The van der Waals surface area contributed by atoms with Crippen LogP contribution in [0.5, 0.6) is 11.5 Å². The van der Waals surface area contributed by atoms with Gasteiger partial charge in [0.25, 0.3) is 0 Å². The highest BCUT2D eigenvalue weighted by atomic mass is 16.5. The first-order valence-electron chi connectivity index (χ1n) is 8.09. The number of anilines is 2. The van der Waals surface area contributed by atoms with Gasteiger partial charge in [0.05, 0.1) is 14.2 Å². The van der Waals surface area contributed by atoms with Gasteiger partial charge in [-0.15, -0.1) is 0 Å². The van der Waals surface area contributed by atoms with E-state index in [9.17, 15) is 0 Å². The van der Waals surface area contributed by atoms with Crippen molar-refractivity contribution >= 4 is 11.6 Å². The van der Waals surface area contributed by atoms with Crippen LogP contribution in [-0.2, 0) is 0 Å². The Kier molecular flexibility index (Phi) is 4.74. The topological polar surface area (TPSA) is 50.7 Å². The molecule has 1 saturated heterocycles. The Morgan fingerprint density at radius 1 is 1.12 bits per heavy atom. The molecule has 2 heterocycles. The molecular formula is C18H24N4O2. The third kappa shape index (κ3) is 3.09. The zero-order valence-electron chi connectivity index (χ0n) is 14.7. The largest absolute Gasteiger partial charge is 0.497 e. The van der Waals surface area contributed by atoms with Crippen LogP contribution in [0.2, 0.25) is 0 Å². The van der Waals surface area contributed by atoms with E-state index in [2.05, 4.69) is 20.9 Å². The van der Waals surface area contributed by atoms with Crippen LogP contribution in [0.15, 0.2) is 30.6 Å². The molecule has 1 aromatic heterocycles. The zero-order chi connectivity index (χ0) is 17.1. The minimum atomic E-state index is 0.382. The smallest absolute Gasteiger partial charge is 0.171 e. The van der Waals surface area contributed by atoms with Crippen LogP contribution in [-0.4, -0.2) is 51.4 Å². The molecule has 0 saturated carbocycles. The molecule has 0 spiro atoms. The maximum atomic E-state index is 5.55. The summed E-state index contributed by atoms with van der Waals surface area (Å²) in [7, 11) is 7.39. The Hall–Kier alpha value is -2.50. The van der Waals surface area contributed by atoms with E-state index in [1.54, 1.807) is 26.6 Å². The second-order valence-electron chi connectivity index (χ2n) is 6.14. The van der Waals surface area contributed by atoms with Gasteiger partial charge in [0.2, 0.25) is 0 Å². The molecule has 1 aliphatic heterocycles. The normalized spacial score (nSPS) is 17.0. The molecule has 0 N–H and O–H groups in total. The molecule has 128 valence electrons. The fourth-order valence-corrected chi connectivity index (χ4v) is 3.23. The van der Waals surface area contributed by atoms with Crippen LogP contribution in [0.25, 0.3) is 0 Å². The second-order valence-corrected chi connectivity index (χ2v) is 6.14. The van der Waals surface area contributed by atoms with Crippen molar-refractivity contribution in [3.05, 3.63) is 36.2 Å². The number of hydrogen-bond acceptors (Lipinski definition) is 6. The number of ether oxygens (including phenoxy) is 2. The molecule has 1 fully saturated rings. The molecule has 1 aromatic carbocycles. The average molecular weight is 328 g/mol. The van der Waals surface area contributed by atoms with Gasteiger partial charge in [-0.3, -0.25) is 0 Å². The van der Waals surface area contributed by atoms with Gasteiger partial charge in [-0.2, -0.15) is 0 Å². The average Bonchev–Trinajstić information content (AvgIpc) is 3.10. The van der Waals surface area contributed by atoms with E-state index in [1.165, 1.54) is 5.56 Å². The summed E-state index contributed by atoms with van der Waals surface area (Å²) in [5.74, 6) is 3.99. The van der Waals surface area contributed by atoms with E-state index in [0.717, 1.165) is 42.6 Å². The maximum Gasteiger partial charge on any atom is 0.171 e. The van der Waals surface area contributed by atoms with Crippen LogP contribution < -0.4 is 19.3 Å². The SMILES string of the molecule is COc1ccc(OC)c([C@H]2CCN(c3nccnc3N(C)C)C2)c1. The lowest BCUT2D eigenvalue weighted by atomic mass is 9.97. The number of hydrogen-bond donors (Lipinski definition) is 0. The van der Waals surface area contributed by atoms with Crippen LogP contribution >= 0.6 is 0 Å². The van der Waals surface area contributed by atoms with E-state index >= 15 is 0 Å². The minimum absolute atomic E-state index is 0.382.